The minimum atomic E-state index is -1.31. The Morgan fingerprint density at radius 3 is 2.77 bits per heavy atom. The Morgan fingerprint density at radius 2 is 1.97 bits per heavy atom. The predicted molar refractivity (Wildman–Crippen MR) is 135 cm³/mol. The van der Waals surface area contributed by atoms with Gasteiger partial charge in [-0.3, -0.25) is 9.29 Å². The van der Waals surface area contributed by atoms with Crippen molar-refractivity contribution in [3.8, 4) is 5.75 Å². The van der Waals surface area contributed by atoms with Crippen LogP contribution in [0.4, 0.5) is 8.78 Å². The van der Waals surface area contributed by atoms with Crippen LogP contribution in [0.3, 0.4) is 0 Å². The average molecular weight is 484 g/mol. The Bertz CT molecular complexity index is 1130. The van der Waals surface area contributed by atoms with Crippen molar-refractivity contribution < 1.29 is 18.3 Å². The maximum absolute atomic E-state index is 15.3. The van der Waals surface area contributed by atoms with Gasteiger partial charge >= 0.3 is 0 Å². The lowest BCUT2D eigenvalue weighted by atomic mass is 9.87. The molecule has 2 aromatic carbocycles. The molecule has 5 rings (SSSR count). The molecule has 5 nitrogen and oxygen atoms in total. The molecule has 0 aliphatic carbocycles. The van der Waals surface area contributed by atoms with E-state index in [9.17, 15) is 4.39 Å². The van der Waals surface area contributed by atoms with Gasteiger partial charge in [-0.2, -0.15) is 0 Å². The van der Waals surface area contributed by atoms with E-state index in [2.05, 4.69) is 52.5 Å². The summed E-state index contributed by atoms with van der Waals surface area (Å²) in [7, 11) is 0. The van der Waals surface area contributed by atoms with E-state index in [-0.39, 0.29) is 32.0 Å². The van der Waals surface area contributed by atoms with Crippen molar-refractivity contribution in [1.82, 2.24) is 15.2 Å². The summed E-state index contributed by atoms with van der Waals surface area (Å²) in [4.78, 5) is 5.95. The molecule has 0 saturated carbocycles. The molecule has 1 aromatic heterocycles. The molecule has 3 aromatic rings. The smallest absolute Gasteiger partial charge is 0.169 e. The standard InChI is InChI=1S/C28H35F2N3O2/c1-20-15-24-23-9-2-3-10-25(23)32-26(24)27(33(20)17-28(30)18-34-19-28)21-7-4-8-22(16-21)35-14-6-13-31-12-5-11-29/h2-4,7-10,16,20,27,31-32H,5-6,11-15,17-19H2,1H3/t20-,27-/m1/s1. The molecule has 2 atom stereocenters. The van der Waals surface area contributed by atoms with Crippen molar-refractivity contribution in [2.24, 2.45) is 0 Å². The molecule has 2 aliphatic heterocycles. The Morgan fingerprint density at radius 1 is 1.14 bits per heavy atom. The summed E-state index contributed by atoms with van der Waals surface area (Å²) in [5.74, 6) is 0.809. The molecule has 0 radical (unpaired) electrons. The first-order chi connectivity index (χ1) is 17.1. The number of aromatic amines is 1. The highest BCUT2D eigenvalue weighted by atomic mass is 19.1. The van der Waals surface area contributed by atoms with Crippen LogP contribution in [0.15, 0.2) is 48.5 Å². The van der Waals surface area contributed by atoms with Gasteiger partial charge in [-0.15, -0.1) is 0 Å². The number of para-hydroxylation sites is 1. The number of H-pyrrole nitrogens is 1. The number of rotatable bonds is 11. The first kappa shape index (κ1) is 24.2. The van der Waals surface area contributed by atoms with Crippen molar-refractivity contribution in [1.29, 1.82) is 0 Å². The van der Waals surface area contributed by atoms with Gasteiger partial charge in [0.15, 0.2) is 5.67 Å². The minimum absolute atomic E-state index is 0.0970. The minimum Gasteiger partial charge on any atom is -0.494 e. The number of alkyl halides is 2. The highest BCUT2D eigenvalue weighted by Crippen LogP contribution is 2.43. The Kier molecular flexibility index (Phi) is 7.37. The second-order valence-electron chi connectivity index (χ2n) is 9.90. The van der Waals surface area contributed by atoms with E-state index in [1.54, 1.807) is 0 Å². The van der Waals surface area contributed by atoms with Crippen molar-refractivity contribution in [3.63, 3.8) is 0 Å². The molecule has 7 heteroatoms. The third kappa shape index (κ3) is 5.22. The predicted octanol–water partition coefficient (Wildman–Crippen LogP) is 4.96. The molecule has 0 unspecified atom stereocenters. The molecule has 0 amide bonds. The van der Waals surface area contributed by atoms with Gasteiger partial charge in [-0.25, -0.2) is 4.39 Å². The lowest BCUT2D eigenvalue weighted by Gasteiger charge is -2.46. The molecule has 35 heavy (non-hydrogen) atoms. The largest absolute Gasteiger partial charge is 0.494 e. The van der Waals surface area contributed by atoms with Crippen LogP contribution in [-0.2, 0) is 11.2 Å². The second-order valence-corrected chi connectivity index (χ2v) is 9.90. The van der Waals surface area contributed by atoms with E-state index in [1.165, 1.54) is 10.9 Å². The summed E-state index contributed by atoms with van der Waals surface area (Å²) in [6, 6.07) is 16.7. The number of hydrogen-bond donors (Lipinski definition) is 2. The maximum Gasteiger partial charge on any atom is 0.169 e. The van der Waals surface area contributed by atoms with E-state index in [0.717, 1.165) is 41.9 Å². The number of nitrogens with zero attached hydrogens (tertiary/aromatic N) is 1. The van der Waals surface area contributed by atoms with Crippen LogP contribution in [0.5, 0.6) is 5.75 Å². The van der Waals surface area contributed by atoms with Crippen LogP contribution < -0.4 is 10.1 Å². The van der Waals surface area contributed by atoms with E-state index in [4.69, 9.17) is 9.47 Å². The number of halogens is 2. The van der Waals surface area contributed by atoms with Crippen LogP contribution >= 0.6 is 0 Å². The summed E-state index contributed by atoms with van der Waals surface area (Å²) in [6.07, 6.45) is 2.26. The normalized spacial score (nSPS) is 21.6. The fraction of sp³-hybridized carbons (Fsp3) is 0.500. The highest BCUT2D eigenvalue weighted by Gasteiger charge is 2.45. The summed E-state index contributed by atoms with van der Waals surface area (Å²) >= 11 is 0. The number of aromatic nitrogens is 1. The third-order valence-electron chi connectivity index (χ3n) is 7.13. The van der Waals surface area contributed by atoms with Crippen molar-refractivity contribution in [3.05, 3.63) is 65.4 Å². The lowest BCUT2D eigenvalue weighted by molar-refractivity contribution is -0.147. The molecule has 1 saturated heterocycles. The summed E-state index contributed by atoms with van der Waals surface area (Å²) in [5, 5.41) is 4.47. The zero-order valence-electron chi connectivity index (χ0n) is 20.4. The van der Waals surface area contributed by atoms with Gasteiger partial charge in [0.1, 0.15) is 5.75 Å². The molecule has 2 N–H and O–H groups in total. The fourth-order valence-corrected chi connectivity index (χ4v) is 5.33. The van der Waals surface area contributed by atoms with Gasteiger partial charge < -0.3 is 19.8 Å². The van der Waals surface area contributed by atoms with Crippen LogP contribution in [0.1, 0.15) is 42.6 Å². The van der Waals surface area contributed by atoms with Crippen LogP contribution in [0, 0.1) is 0 Å². The monoisotopic (exact) mass is 483 g/mol. The van der Waals surface area contributed by atoms with Crippen LogP contribution in [0.2, 0.25) is 0 Å². The van der Waals surface area contributed by atoms with Crippen LogP contribution in [-0.4, -0.2) is 67.7 Å². The van der Waals surface area contributed by atoms with Gasteiger partial charge in [-0.05, 0) is 68.6 Å². The lowest BCUT2D eigenvalue weighted by Crippen LogP contribution is -2.57. The number of ether oxygens (including phenoxy) is 2. The first-order valence-electron chi connectivity index (χ1n) is 12.7. The number of fused-ring (bicyclic) bond motifs is 3. The summed E-state index contributed by atoms with van der Waals surface area (Å²) < 4.78 is 38.8. The molecule has 0 spiro atoms. The Labute approximate surface area is 205 Å². The second kappa shape index (κ2) is 10.6. The van der Waals surface area contributed by atoms with Crippen molar-refractivity contribution in [2.45, 2.75) is 43.9 Å². The molecule has 1 fully saturated rings. The zero-order chi connectivity index (χ0) is 24.3. The number of nitrogens with one attached hydrogen (secondary N) is 2. The summed E-state index contributed by atoms with van der Waals surface area (Å²) in [6.45, 7) is 4.62. The van der Waals surface area contributed by atoms with Crippen LogP contribution in [0.25, 0.3) is 10.9 Å². The Hall–Kier alpha value is -2.48. The van der Waals surface area contributed by atoms with Crippen molar-refractivity contribution >= 4 is 10.9 Å². The molecule has 3 heterocycles. The molecule has 0 bridgehead atoms. The third-order valence-corrected chi connectivity index (χ3v) is 7.13. The number of benzene rings is 2. The topological polar surface area (TPSA) is 49.5 Å². The van der Waals surface area contributed by atoms with Gasteiger partial charge in [0.25, 0.3) is 0 Å². The molecular weight excluding hydrogens is 448 g/mol. The molecule has 2 aliphatic rings. The van der Waals surface area contributed by atoms with E-state index in [1.807, 2.05) is 18.2 Å². The average Bonchev–Trinajstić information content (AvgIpc) is 3.21. The SMILES string of the molecule is C[C@@H]1Cc2c([nH]c3ccccc23)[C@@H](c2cccc(OCCCNCCCF)c2)N1CC1(F)COC1. The van der Waals surface area contributed by atoms with E-state index < -0.39 is 5.67 Å². The van der Waals surface area contributed by atoms with E-state index in [0.29, 0.717) is 26.1 Å². The fourth-order valence-electron chi connectivity index (χ4n) is 5.33. The van der Waals surface area contributed by atoms with E-state index >= 15 is 4.39 Å². The molecular formula is C28H35F2N3O2. The van der Waals surface area contributed by atoms with Gasteiger partial charge in [0.05, 0.1) is 32.5 Å². The first-order valence-corrected chi connectivity index (χ1v) is 12.7. The quantitative estimate of drug-likeness (QED) is 0.379. The van der Waals surface area contributed by atoms with Gasteiger partial charge in [0, 0.05) is 29.2 Å². The number of hydrogen-bond acceptors (Lipinski definition) is 4. The van der Waals surface area contributed by atoms with Crippen molar-refractivity contribution in [2.75, 3.05) is 46.1 Å². The van der Waals surface area contributed by atoms with Gasteiger partial charge in [0.2, 0.25) is 0 Å². The molecule has 188 valence electrons. The summed E-state index contributed by atoms with van der Waals surface area (Å²) in [5.41, 5.74) is 3.36. The Balaban J connectivity index is 1.40. The highest BCUT2D eigenvalue weighted by molar-refractivity contribution is 5.85. The zero-order valence-corrected chi connectivity index (χ0v) is 20.4. The maximum atomic E-state index is 15.3. The van der Waals surface area contributed by atoms with Gasteiger partial charge in [-0.1, -0.05) is 30.3 Å².